The first-order valence-corrected chi connectivity index (χ1v) is 10.1. The van der Waals surface area contributed by atoms with E-state index < -0.39 is 12.7 Å². The zero-order valence-corrected chi connectivity index (χ0v) is 16.9. The van der Waals surface area contributed by atoms with Gasteiger partial charge >= 0.3 is 6.11 Å². The molecule has 8 heteroatoms. The third-order valence-corrected chi connectivity index (χ3v) is 5.88. The molecule has 3 aliphatic carbocycles. The molecule has 2 bridgehead atoms. The third-order valence-electron chi connectivity index (χ3n) is 5.88. The molecular formula is C23H21F2N3O3. The Kier molecular flexibility index (Phi) is 4.62. The van der Waals surface area contributed by atoms with Gasteiger partial charge in [0.15, 0.2) is 22.7 Å². The number of nitrogens with zero attached hydrogens (tertiary/aromatic N) is 2. The predicted molar refractivity (Wildman–Crippen MR) is 110 cm³/mol. The molecule has 2 aromatic heterocycles. The molecule has 0 radical (unpaired) electrons. The molecule has 1 fully saturated rings. The van der Waals surface area contributed by atoms with Crippen molar-refractivity contribution in [1.82, 2.24) is 9.97 Å². The molecule has 1 saturated carbocycles. The lowest BCUT2D eigenvalue weighted by Gasteiger charge is -2.40. The molecule has 0 amide bonds. The van der Waals surface area contributed by atoms with Gasteiger partial charge in [-0.15, -0.1) is 0 Å². The molecule has 0 aliphatic heterocycles. The number of oxazole rings is 1. The first-order valence-electron chi connectivity index (χ1n) is 10.1. The maximum Gasteiger partial charge on any atom is 0.421 e. The lowest BCUT2D eigenvalue weighted by atomic mass is 9.64. The molecule has 6 nitrogen and oxygen atoms in total. The van der Waals surface area contributed by atoms with Crippen molar-refractivity contribution in [3.05, 3.63) is 53.6 Å². The maximum absolute atomic E-state index is 13.7. The molecule has 1 aromatic carbocycles. The summed E-state index contributed by atoms with van der Waals surface area (Å²) in [5, 5.41) is 16.9. The van der Waals surface area contributed by atoms with Crippen LogP contribution in [0, 0.1) is 24.2 Å². The van der Waals surface area contributed by atoms with Crippen LogP contribution in [0.1, 0.15) is 24.3 Å². The first-order chi connectivity index (χ1) is 14.8. The van der Waals surface area contributed by atoms with Crippen molar-refractivity contribution in [2.45, 2.75) is 32.3 Å². The number of ether oxygens (including phenoxy) is 1. The zero-order valence-electron chi connectivity index (χ0n) is 16.9. The van der Waals surface area contributed by atoms with E-state index >= 15 is 0 Å². The van der Waals surface area contributed by atoms with Crippen LogP contribution in [0.4, 0.5) is 8.78 Å². The average Bonchev–Trinajstić information content (AvgIpc) is 3.18. The van der Waals surface area contributed by atoms with Crippen LogP contribution in [0.25, 0.3) is 22.4 Å². The van der Waals surface area contributed by atoms with Crippen molar-refractivity contribution in [2.24, 2.45) is 11.8 Å². The van der Waals surface area contributed by atoms with Gasteiger partial charge in [-0.1, -0.05) is 17.7 Å². The highest BCUT2D eigenvalue weighted by Crippen LogP contribution is 2.43. The number of rotatable bonds is 6. The molecule has 2 heterocycles. The Balaban J connectivity index is 1.56. The largest absolute Gasteiger partial charge is 0.439 e. The lowest BCUT2D eigenvalue weighted by Crippen LogP contribution is -2.39. The van der Waals surface area contributed by atoms with Gasteiger partial charge in [0.1, 0.15) is 6.61 Å². The van der Waals surface area contributed by atoms with E-state index in [0.29, 0.717) is 35.1 Å². The van der Waals surface area contributed by atoms with Crippen molar-refractivity contribution in [2.75, 3.05) is 6.61 Å². The van der Waals surface area contributed by atoms with Crippen LogP contribution in [0.3, 0.4) is 0 Å². The van der Waals surface area contributed by atoms with Crippen LogP contribution in [0.5, 0.6) is 5.75 Å². The van der Waals surface area contributed by atoms with E-state index in [1.165, 1.54) is 6.07 Å². The SMILES string of the molecule is Cc1ccc(-c2ccc(OC(F)(F)CO)c3nc(CC4=CC5CC(C4)C5=N)oc23)nc1. The number of fused-ring (bicyclic) bond motifs is 2. The topological polar surface area (TPSA) is 92.2 Å². The van der Waals surface area contributed by atoms with Gasteiger partial charge in [0.05, 0.1) is 5.69 Å². The van der Waals surface area contributed by atoms with Crippen molar-refractivity contribution in [3.63, 3.8) is 0 Å². The number of halogens is 2. The molecule has 0 saturated heterocycles. The molecule has 3 aromatic rings. The van der Waals surface area contributed by atoms with Gasteiger partial charge in [0.25, 0.3) is 0 Å². The molecule has 0 spiro atoms. The monoisotopic (exact) mass is 425 g/mol. The number of aromatic nitrogens is 2. The van der Waals surface area contributed by atoms with Crippen LogP contribution in [-0.4, -0.2) is 33.5 Å². The number of hydrogen-bond acceptors (Lipinski definition) is 6. The second kappa shape index (κ2) is 7.23. The van der Waals surface area contributed by atoms with E-state index in [-0.39, 0.29) is 17.2 Å². The van der Waals surface area contributed by atoms with Crippen LogP contribution < -0.4 is 4.74 Å². The molecule has 2 unspecified atom stereocenters. The van der Waals surface area contributed by atoms with Crippen molar-refractivity contribution >= 4 is 16.8 Å². The van der Waals surface area contributed by atoms with E-state index in [1.807, 2.05) is 19.1 Å². The Morgan fingerprint density at radius 2 is 2.13 bits per heavy atom. The number of hydrogen-bond donors (Lipinski definition) is 2. The van der Waals surface area contributed by atoms with Gasteiger partial charge < -0.3 is 19.7 Å². The third kappa shape index (κ3) is 3.61. The standard InChI is InChI=1S/C23H21F2N3O3/c1-12-2-4-17(27-10-12)16-3-5-18(31-23(24,25)11-29)21-22(16)30-19(28-21)8-13-6-14-9-15(7-13)20(14)26/h2-6,10,14-15,26,29H,7-9,11H2,1H3. The summed E-state index contributed by atoms with van der Waals surface area (Å²) < 4.78 is 38.2. The fourth-order valence-electron chi connectivity index (χ4n) is 4.26. The van der Waals surface area contributed by atoms with E-state index in [4.69, 9.17) is 19.7 Å². The van der Waals surface area contributed by atoms with Crippen LogP contribution in [-0.2, 0) is 6.42 Å². The van der Waals surface area contributed by atoms with E-state index in [1.54, 1.807) is 12.3 Å². The Labute approximate surface area is 177 Å². The summed E-state index contributed by atoms with van der Waals surface area (Å²) in [7, 11) is 0. The highest BCUT2D eigenvalue weighted by Gasteiger charge is 2.39. The molecule has 6 rings (SSSR count). The Bertz CT molecular complexity index is 1200. The quantitative estimate of drug-likeness (QED) is 0.559. The first kappa shape index (κ1) is 19.8. The van der Waals surface area contributed by atoms with Crippen molar-refractivity contribution < 1.29 is 23.0 Å². The normalized spacial score (nSPS) is 20.5. The smallest absolute Gasteiger partial charge is 0.421 e. The van der Waals surface area contributed by atoms with Gasteiger partial charge in [-0.25, -0.2) is 4.98 Å². The van der Waals surface area contributed by atoms with E-state index in [0.717, 1.165) is 29.7 Å². The van der Waals surface area contributed by atoms with E-state index in [9.17, 15) is 8.78 Å². The Hall–Kier alpha value is -3.13. The van der Waals surface area contributed by atoms with Crippen LogP contribution in [0.2, 0.25) is 0 Å². The molecule has 160 valence electrons. The fraction of sp³-hybridized carbons (Fsp3) is 0.348. The molecule has 3 aliphatic rings. The summed E-state index contributed by atoms with van der Waals surface area (Å²) in [6.45, 7) is 0.483. The summed E-state index contributed by atoms with van der Waals surface area (Å²) in [5.74, 6) is 0.726. The Morgan fingerprint density at radius 3 is 2.77 bits per heavy atom. The number of nitrogens with one attached hydrogen (secondary N) is 1. The van der Waals surface area contributed by atoms with Gasteiger partial charge in [-0.3, -0.25) is 4.98 Å². The number of aliphatic hydroxyl groups excluding tert-OH is 1. The minimum Gasteiger partial charge on any atom is -0.439 e. The number of benzene rings is 1. The summed E-state index contributed by atoms with van der Waals surface area (Å²) >= 11 is 0. The second-order valence-corrected chi connectivity index (χ2v) is 8.22. The lowest BCUT2D eigenvalue weighted by molar-refractivity contribution is -0.200. The maximum atomic E-state index is 13.7. The highest BCUT2D eigenvalue weighted by molar-refractivity contribution is 5.95. The summed E-state index contributed by atoms with van der Waals surface area (Å²) in [5.41, 5.74) is 4.65. The van der Waals surface area contributed by atoms with Gasteiger partial charge in [0.2, 0.25) is 0 Å². The minimum atomic E-state index is -3.73. The number of pyridine rings is 1. The predicted octanol–water partition coefficient (Wildman–Crippen LogP) is 4.69. The van der Waals surface area contributed by atoms with Crippen LogP contribution >= 0.6 is 0 Å². The Morgan fingerprint density at radius 1 is 1.29 bits per heavy atom. The van der Waals surface area contributed by atoms with Gasteiger partial charge in [-0.05, 0) is 43.5 Å². The number of aliphatic hydroxyl groups is 1. The van der Waals surface area contributed by atoms with Crippen LogP contribution in [0.15, 0.2) is 46.5 Å². The van der Waals surface area contributed by atoms with Gasteiger partial charge in [-0.2, -0.15) is 8.78 Å². The molecule has 2 N–H and O–H groups in total. The number of allylic oxidation sites excluding steroid dienone is 2. The fourth-order valence-corrected chi connectivity index (χ4v) is 4.26. The molecular weight excluding hydrogens is 404 g/mol. The highest BCUT2D eigenvalue weighted by atomic mass is 19.3. The van der Waals surface area contributed by atoms with E-state index in [2.05, 4.69) is 16.0 Å². The minimum absolute atomic E-state index is 0.164. The average molecular weight is 425 g/mol. The van der Waals surface area contributed by atoms with Gasteiger partial charge in [0, 0.05) is 35.7 Å². The number of alkyl halides is 2. The van der Waals surface area contributed by atoms with Crippen molar-refractivity contribution in [1.29, 1.82) is 5.41 Å². The summed E-state index contributed by atoms with van der Waals surface area (Å²) in [6.07, 6.45) is 2.35. The summed E-state index contributed by atoms with van der Waals surface area (Å²) in [6, 6.07) is 6.74. The number of aryl methyl sites for hydroxylation is 1. The second-order valence-electron chi connectivity index (χ2n) is 8.22. The zero-order chi connectivity index (χ0) is 21.8. The molecule has 31 heavy (non-hydrogen) atoms. The van der Waals surface area contributed by atoms with Crippen molar-refractivity contribution in [3.8, 4) is 17.0 Å². The molecule has 2 atom stereocenters. The summed E-state index contributed by atoms with van der Waals surface area (Å²) in [4.78, 5) is 8.88.